The van der Waals surface area contributed by atoms with Crippen molar-refractivity contribution < 1.29 is 13.2 Å². The molecule has 0 N–H and O–H groups in total. The Morgan fingerprint density at radius 1 is 1.22 bits per heavy atom. The minimum absolute atomic E-state index is 0.114. The number of rotatable bonds is 2. The van der Waals surface area contributed by atoms with E-state index in [0.717, 1.165) is 0 Å². The molecule has 0 amide bonds. The number of alkyl halides is 4. The second-order valence-electron chi connectivity index (χ2n) is 4.32. The summed E-state index contributed by atoms with van der Waals surface area (Å²) in [5.41, 5.74) is 0.658. The van der Waals surface area contributed by atoms with Gasteiger partial charge in [-0.2, -0.15) is 18.3 Å². The van der Waals surface area contributed by atoms with Crippen molar-refractivity contribution in [1.82, 2.24) is 10.2 Å². The summed E-state index contributed by atoms with van der Waals surface area (Å²) in [5.74, 6) is -0.294. The highest BCUT2D eigenvalue weighted by Gasteiger charge is 2.41. The minimum Gasteiger partial charge on any atom is -0.355 e. The SMILES string of the molecule is FC(F)(F)C1CCN(c2ccc(CCl)nn2)CC1. The van der Waals surface area contributed by atoms with Crippen LogP contribution < -0.4 is 4.90 Å². The molecule has 1 aliphatic rings. The van der Waals surface area contributed by atoms with Gasteiger partial charge in [-0.3, -0.25) is 0 Å². The quantitative estimate of drug-likeness (QED) is 0.779. The van der Waals surface area contributed by atoms with Gasteiger partial charge in [-0.05, 0) is 25.0 Å². The molecule has 0 aliphatic carbocycles. The summed E-state index contributed by atoms with van der Waals surface area (Å²) in [6, 6.07) is 3.49. The van der Waals surface area contributed by atoms with E-state index in [9.17, 15) is 13.2 Å². The standard InChI is InChI=1S/C11H13ClF3N3/c12-7-9-1-2-10(17-16-9)18-5-3-8(4-6-18)11(13,14)15/h1-2,8H,3-7H2. The second-order valence-corrected chi connectivity index (χ2v) is 4.59. The second kappa shape index (κ2) is 5.30. The first-order valence-electron chi connectivity index (χ1n) is 5.71. The molecule has 0 unspecified atom stereocenters. The summed E-state index contributed by atoms with van der Waals surface area (Å²) in [5, 5.41) is 7.86. The Hall–Kier alpha value is -1.04. The lowest BCUT2D eigenvalue weighted by molar-refractivity contribution is -0.179. The maximum Gasteiger partial charge on any atom is 0.391 e. The third-order valence-electron chi connectivity index (χ3n) is 3.12. The predicted octanol–water partition coefficient (Wildman–Crippen LogP) is 2.99. The maximum absolute atomic E-state index is 12.5. The first kappa shape index (κ1) is 13.4. The third kappa shape index (κ3) is 3.04. The molecule has 3 nitrogen and oxygen atoms in total. The van der Waals surface area contributed by atoms with Gasteiger partial charge in [-0.15, -0.1) is 16.7 Å². The van der Waals surface area contributed by atoms with Crippen LogP contribution in [0.5, 0.6) is 0 Å². The van der Waals surface area contributed by atoms with Crippen molar-refractivity contribution in [2.75, 3.05) is 18.0 Å². The third-order valence-corrected chi connectivity index (χ3v) is 3.40. The van der Waals surface area contributed by atoms with Crippen LogP contribution in [0, 0.1) is 5.92 Å². The molecule has 18 heavy (non-hydrogen) atoms. The summed E-state index contributed by atoms with van der Waals surface area (Å²) in [7, 11) is 0. The van der Waals surface area contributed by atoms with E-state index in [1.807, 2.05) is 4.90 Å². The Balaban J connectivity index is 1.96. The fourth-order valence-corrected chi connectivity index (χ4v) is 2.17. The molecule has 0 aromatic carbocycles. The first-order chi connectivity index (χ1) is 8.50. The molecule has 0 saturated carbocycles. The van der Waals surface area contributed by atoms with Gasteiger partial charge in [-0.25, -0.2) is 0 Å². The number of hydrogen-bond acceptors (Lipinski definition) is 3. The van der Waals surface area contributed by atoms with Crippen molar-refractivity contribution in [1.29, 1.82) is 0 Å². The van der Waals surface area contributed by atoms with Crippen molar-refractivity contribution in [3.63, 3.8) is 0 Å². The van der Waals surface area contributed by atoms with E-state index in [-0.39, 0.29) is 18.7 Å². The molecular weight excluding hydrogens is 267 g/mol. The van der Waals surface area contributed by atoms with Crippen molar-refractivity contribution in [3.05, 3.63) is 17.8 Å². The van der Waals surface area contributed by atoms with Crippen molar-refractivity contribution in [2.24, 2.45) is 5.92 Å². The lowest BCUT2D eigenvalue weighted by Crippen LogP contribution is -2.39. The van der Waals surface area contributed by atoms with Crippen LogP contribution in [0.25, 0.3) is 0 Å². The van der Waals surface area contributed by atoms with Crippen LogP contribution in [0.4, 0.5) is 19.0 Å². The molecule has 7 heteroatoms. The van der Waals surface area contributed by atoms with Gasteiger partial charge in [0.1, 0.15) is 0 Å². The molecule has 2 heterocycles. The molecule has 0 radical (unpaired) electrons. The zero-order chi connectivity index (χ0) is 13.2. The fourth-order valence-electron chi connectivity index (χ4n) is 2.03. The lowest BCUT2D eigenvalue weighted by atomic mass is 9.96. The smallest absolute Gasteiger partial charge is 0.355 e. The van der Waals surface area contributed by atoms with Crippen LogP contribution in [0.2, 0.25) is 0 Å². The zero-order valence-electron chi connectivity index (χ0n) is 9.62. The van der Waals surface area contributed by atoms with Gasteiger partial charge in [0.15, 0.2) is 5.82 Å². The molecule has 0 bridgehead atoms. The van der Waals surface area contributed by atoms with Crippen LogP contribution in [0.15, 0.2) is 12.1 Å². The van der Waals surface area contributed by atoms with Gasteiger partial charge in [0.05, 0.1) is 17.5 Å². The average Bonchev–Trinajstić information content (AvgIpc) is 2.38. The fraction of sp³-hybridized carbons (Fsp3) is 0.636. The molecule has 1 saturated heterocycles. The summed E-state index contributed by atoms with van der Waals surface area (Å²) in [6.07, 6.45) is -3.86. The molecule has 1 aromatic rings. The van der Waals surface area contributed by atoms with Crippen molar-refractivity contribution in [2.45, 2.75) is 24.9 Å². The predicted molar refractivity (Wildman–Crippen MR) is 62.6 cm³/mol. The van der Waals surface area contributed by atoms with E-state index in [4.69, 9.17) is 11.6 Å². The largest absolute Gasteiger partial charge is 0.391 e. The summed E-state index contributed by atoms with van der Waals surface area (Å²) >= 11 is 5.59. The molecule has 0 spiro atoms. The number of halogens is 4. The van der Waals surface area contributed by atoms with Gasteiger partial charge < -0.3 is 4.90 Å². The van der Waals surface area contributed by atoms with E-state index in [0.29, 0.717) is 24.6 Å². The number of nitrogens with zero attached hydrogens (tertiary/aromatic N) is 3. The van der Waals surface area contributed by atoms with E-state index < -0.39 is 12.1 Å². The highest BCUT2D eigenvalue weighted by atomic mass is 35.5. The monoisotopic (exact) mass is 279 g/mol. The van der Waals surface area contributed by atoms with E-state index in [1.165, 1.54) is 0 Å². The number of hydrogen-bond donors (Lipinski definition) is 0. The Bertz CT molecular complexity index is 386. The Labute approximate surface area is 108 Å². The van der Waals surface area contributed by atoms with E-state index >= 15 is 0 Å². The zero-order valence-corrected chi connectivity index (χ0v) is 10.4. The average molecular weight is 280 g/mol. The Kier molecular flexibility index (Phi) is 3.94. The van der Waals surface area contributed by atoms with Gasteiger partial charge >= 0.3 is 6.18 Å². The van der Waals surface area contributed by atoms with Crippen LogP contribution in [-0.4, -0.2) is 29.5 Å². The number of aromatic nitrogens is 2. The van der Waals surface area contributed by atoms with Gasteiger partial charge in [0.25, 0.3) is 0 Å². The lowest BCUT2D eigenvalue weighted by Gasteiger charge is -2.33. The number of piperidine rings is 1. The molecular formula is C11H13ClF3N3. The first-order valence-corrected chi connectivity index (χ1v) is 6.24. The Morgan fingerprint density at radius 2 is 1.89 bits per heavy atom. The van der Waals surface area contributed by atoms with E-state index in [2.05, 4.69) is 10.2 Å². The summed E-state index contributed by atoms with van der Waals surface area (Å²) in [6.45, 7) is 0.720. The van der Waals surface area contributed by atoms with Crippen LogP contribution >= 0.6 is 11.6 Å². The molecule has 1 aromatic heterocycles. The van der Waals surface area contributed by atoms with Gasteiger partial charge in [-0.1, -0.05) is 0 Å². The van der Waals surface area contributed by atoms with E-state index in [1.54, 1.807) is 12.1 Å². The summed E-state index contributed by atoms with van der Waals surface area (Å²) in [4.78, 5) is 1.83. The molecule has 1 fully saturated rings. The minimum atomic E-state index is -4.08. The van der Waals surface area contributed by atoms with Crippen molar-refractivity contribution in [3.8, 4) is 0 Å². The molecule has 100 valence electrons. The molecule has 1 aliphatic heterocycles. The van der Waals surface area contributed by atoms with Crippen LogP contribution in [0.3, 0.4) is 0 Å². The topological polar surface area (TPSA) is 29.0 Å². The van der Waals surface area contributed by atoms with Gasteiger partial charge in [0.2, 0.25) is 0 Å². The van der Waals surface area contributed by atoms with Crippen molar-refractivity contribution >= 4 is 17.4 Å². The maximum atomic E-state index is 12.5. The number of anilines is 1. The van der Waals surface area contributed by atoms with Gasteiger partial charge in [0, 0.05) is 13.1 Å². The highest BCUT2D eigenvalue weighted by Crippen LogP contribution is 2.34. The summed E-state index contributed by atoms with van der Waals surface area (Å²) < 4.78 is 37.5. The van der Waals surface area contributed by atoms with Crippen LogP contribution in [-0.2, 0) is 5.88 Å². The molecule has 2 rings (SSSR count). The van der Waals surface area contributed by atoms with Crippen LogP contribution in [0.1, 0.15) is 18.5 Å². The molecule has 0 atom stereocenters. The Morgan fingerprint density at radius 3 is 2.33 bits per heavy atom. The normalized spacial score (nSPS) is 18.1. The highest BCUT2D eigenvalue weighted by molar-refractivity contribution is 6.16.